The molecule has 2 nitrogen and oxygen atoms in total. The summed E-state index contributed by atoms with van der Waals surface area (Å²) >= 11 is 1.70. The molecule has 1 unspecified atom stereocenters. The molecule has 1 atom stereocenters. The molecule has 1 aromatic rings. The molecular weight excluding hydrogens is 230 g/mol. The SMILES string of the molecule is C=CCC1CN=C(SC)c2cc(OC)ccc21. The highest BCUT2D eigenvalue weighted by Crippen LogP contribution is 2.33. The summed E-state index contributed by atoms with van der Waals surface area (Å²) in [5.41, 5.74) is 2.58. The van der Waals surface area contributed by atoms with Crippen LogP contribution in [0.4, 0.5) is 0 Å². The lowest BCUT2D eigenvalue weighted by molar-refractivity contribution is 0.414. The molecule has 0 amide bonds. The summed E-state index contributed by atoms with van der Waals surface area (Å²) in [7, 11) is 1.70. The molecule has 0 N–H and O–H groups in total. The number of aliphatic imine (C=N–C) groups is 1. The third-order valence-electron chi connectivity index (χ3n) is 3.03. The molecule has 0 aliphatic carbocycles. The number of allylic oxidation sites excluding steroid dienone is 1. The van der Waals surface area contributed by atoms with Crippen LogP contribution in [0.15, 0.2) is 35.8 Å². The molecule has 0 bridgehead atoms. The molecule has 1 aliphatic rings. The maximum Gasteiger partial charge on any atom is 0.119 e. The highest BCUT2D eigenvalue weighted by molar-refractivity contribution is 8.13. The van der Waals surface area contributed by atoms with Gasteiger partial charge < -0.3 is 4.74 Å². The zero-order chi connectivity index (χ0) is 12.3. The van der Waals surface area contributed by atoms with Gasteiger partial charge in [0.15, 0.2) is 0 Å². The summed E-state index contributed by atoms with van der Waals surface area (Å²) in [5.74, 6) is 1.36. The normalized spacial score (nSPS) is 18.2. The minimum atomic E-state index is 0.462. The minimum Gasteiger partial charge on any atom is -0.497 e. The van der Waals surface area contributed by atoms with Crippen LogP contribution < -0.4 is 4.74 Å². The average Bonchev–Trinajstić information content (AvgIpc) is 2.38. The molecule has 1 aliphatic heterocycles. The number of rotatable bonds is 3. The van der Waals surface area contributed by atoms with E-state index in [-0.39, 0.29) is 0 Å². The Labute approximate surface area is 107 Å². The van der Waals surface area contributed by atoms with Gasteiger partial charge in [0.1, 0.15) is 5.75 Å². The fraction of sp³-hybridized carbons (Fsp3) is 0.357. The van der Waals surface area contributed by atoms with E-state index in [0.717, 1.165) is 23.8 Å². The van der Waals surface area contributed by atoms with Gasteiger partial charge in [-0.25, -0.2) is 0 Å². The summed E-state index contributed by atoms with van der Waals surface area (Å²) in [6.45, 7) is 4.68. The second-order valence-electron chi connectivity index (χ2n) is 4.02. The van der Waals surface area contributed by atoms with Crippen LogP contribution in [0.3, 0.4) is 0 Å². The minimum absolute atomic E-state index is 0.462. The predicted molar refractivity (Wildman–Crippen MR) is 75.5 cm³/mol. The van der Waals surface area contributed by atoms with Crippen molar-refractivity contribution < 1.29 is 4.74 Å². The van der Waals surface area contributed by atoms with E-state index >= 15 is 0 Å². The van der Waals surface area contributed by atoms with Gasteiger partial charge >= 0.3 is 0 Å². The van der Waals surface area contributed by atoms with Gasteiger partial charge in [-0.1, -0.05) is 12.1 Å². The van der Waals surface area contributed by atoms with E-state index in [1.807, 2.05) is 12.1 Å². The zero-order valence-corrected chi connectivity index (χ0v) is 11.1. The van der Waals surface area contributed by atoms with Crippen molar-refractivity contribution in [2.45, 2.75) is 12.3 Å². The van der Waals surface area contributed by atoms with E-state index in [9.17, 15) is 0 Å². The molecule has 0 spiro atoms. The largest absolute Gasteiger partial charge is 0.497 e. The second-order valence-corrected chi connectivity index (χ2v) is 4.82. The first-order valence-electron chi connectivity index (χ1n) is 5.67. The van der Waals surface area contributed by atoms with E-state index < -0.39 is 0 Å². The smallest absolute Gasteiger partial charge is 0.119 e. The van der Waals surface area contributed by atoms with Gasteiger partial charge in [0.05, 0.1) is 12.2 Å². The van der Waals surface area contributed by atoms with E-state index in [0.29, 0.717) is 5.92 Å². The summed E-state index contributed by atoms with van der Waals surface area (Å²) in [4.78, 5) is 4.64. The lowest BCUT2D eigenvalue weighted by Crippen LogP contribution is -2.15. The Bertz CT molecular complexity index is 454. The second kappa shape index (κ2) is 5.41. The van der Waals surface area contributed by atoms with E-state index in [4.69, 9.17) is 4.74 Å². The molecular formula is C14H17NOS. The van der Waals surface area contributed by atoms with E-state index in [1.165, 1.54) is 11.1 Å². The van der Waals surface area contributed by atoms with Crippen molar-refractivity contribution in [2.24, 2.45) is 4.99 Å². The third-order valence-corrected chi connectivity index (χ3v) is 3.77. The van der Waals surface area contributed by atoms with E-state index in [1.54, 1.807) is 18.9 Å². The van der Waals surface area contributed by atoms with Crippen molar-refractivity contribution in [1.82, 2.24) is 0 Å². The Hall–Kier alpha value is -1.22. The Morgan fingerprint density at radius 3 is 3.06 bits per heavy atom. The predicted octanol–water partition coefficient (Wildman–Crippen LogP) is 3.48. The molecule has 1 aromatic carbocycles. The third kappa shape index (κ3) is 2.39. The van der Waals surface area contributed by atoms with Crippen LogP contribution in [-0.4, -0.2) is 25.0 Å². The Kier molecular flexibility index (Phi) is 3.89. The first-order chi connectivity index (χ1) is 8.30. The first kappa shape index (κ1) is 12.2. The number of methoxy groups -OCH3 is 1. The topological polar surface area (TPSA) is 21.6 Å². The van der Waals surface area contributed by atoms with Gasteiger partial charge in [-0.2, -0.15) is 0 Å². The van der Waals surface area contributed by atoms with Crippen molar-refractivity contribution in [1.29, 1.82) is 0 Å². The summed E-state index contributed by atoms with van der Waals surface area (Å²) in [6.07, 6.45) is 5.01. The van der Waals surface area contributed by atoms with Gasteiger partial charge in [-0.05, 0) is 30.4 Å². The fourth-order valence-electron chi connectivity index (χ4n) is 2.16. The molecule has 0 saturated heterocycles. The Balaban J connectivity index is 2.45. The molecule has 2 rings (SSSR count). The van der Waals surface area contributed by atoms with Crippen molar-refractivity contribution >= 4 is 16.8 Å². The molecule has 0 saturated carbocycles. The lowest BCUT2D eigenvalue weighted by atomic mass is 9.90. The van der Waals surface area contributed by atoms with Crippen molar-refractivity contribution in [3.8, 4) is 5.75 Å². The standard InChI is InChI=1S/C14H17NOS/c1-4-5-10-9-15-14(17-3)13-8-11(16-2)6-7-12(10)13/h4,6-8,10H,1,5,9H2,2-3H3. The number of nitrogens with zero attached hydrogens (tertiary/aromatic N) is 1. The number of hydrogen-bond acceptors (Lipinski definition) is 3. The summed E-state index contributed by atoms with van der Waals surface area (Å²) in [5, 5.41) is 1.11. The molecule has 0 aromatic heterocycles. The van der Waals surface area contributed by atoms with Crippen LogP contribution in [0.2, 0.25) is 0 Å². The van der Waals surface area contributed by atoms with Crippen LogP contribution in [0.1, 0.15) is 23.5 Å². The molecule has 17 heavy (non-hydrogen) atoms. The van der Waals surface area contributed by atoms with Crippen LogP contribution in [0.5, 0.6) is 5.75 Å². The molecule has 1 heterocycles. The van der Waals surface area contributed by atoms with Crippen molar-refractivity contribution in [3.63, 3.8) is 0 Å². The van der Waals surface area contributed by atoms with E-state index in [2.05, 4.69) is 30.0 Å². The van der Waals surface area contributed by atoms with Gasteiger partial charge in [-0.15, -0.1) is 18.3 Å². The van der Waals surface area contributed by atoms with Gasteiger partial charge in [-0.3, -0.25) is 4.99 Å². The van der Waals surface area contributed by atoms with Crippen LogP contribution >= 0.6 is 11.8 Å². The first-order valence-corrected chi connectivity index (χ1v) is 6.90. The quantitative estimate of drug-likeness (QED) is 0.763. The number of fused-ring (bicyclic) bond motifs is 1. The Morgan fingerprint density at radius 1 is 1.59 bits per heavy atom. The number of benzene rings is 1. The Morgan fingerprint density at radius 2 is 2.41 bits per heavy atom. The summed E-state index contributed by atoms with van der Waals surface area (Å²) in [6, 6.07) is 6.27. The maximum absolute atomic E-state index is 5.28. The number of hydrogen-bond donors (Lipinski definition) is 0. The molecule has 3 heteroatoms. The van der Waals surface area contributed by atoms with Gasteiger partial charge in [0, 0.05) is 18.0 Å². The average molecular weight is 247 g/mol. The van der Waals surface area contributed by atoms with Gasteiger partial charge in [0.25, 0.3) is 0 Å². The van der Waals surface area contributed by atoms with Gasteiger partial charge in [0.2, 0.25) is 0 Å². The number of thioether (sulfide) groups is 1. The van der Waals surface area contributed by atoms with Crippen LogP contribution in [0.25, 0.3) is 0 Å². The molecule has 90 valence electrons. The lowest BCUT2D eigenvalue weighted by Gasteiger charge is -2.23. The highest BCUT2D eigenvalue weighted by atomic mass is 32.2. The molecule has 0 radical (unpaired) electrons. The molecule has 0 fully saturated rings. The monoisotopic (exact) mass is 247 g/mol. The fourth-order valence-corrected chi connectivity index (χ4v) is 2.76. The van der Waals surface area contributed by atoms with Crippen molar-refractivity contribution in [2.75, 3.05) is 19.9 Å². The zero-order valence-electron chi connectivity index (χ0n) is 10.3. The maximum atomic E-state index is 5.28. The highest BCUT2D eigenvalue weighted by Gasteiger charge is 2.21. The van der Waals surface area contributed by atoms with Crippen molar-refractivity contribution in [3.05, 3.63) is 42.0 Å². The van der Waals surface area contributed by atoms with Crippen LogP contribution in [-0.2, 0) is 0 Å². The van der Waals surface area contributed by atoms with Crippen LogP contribution in [0, 0.1) is 0 Å². The number of ether oxygens (including phenoxy) is 1. The summed E-state index contributed by atoms with van der Waals surface area (Å²) < 4.78 is 5.28.